The van der Waals surface area contributed by atoms with E-state index < -0.39 is 0 Å². The van der Waals surface area contributed by atoms with Crippen molar-refractivity contribution in [3.05, 3.63) is 22.4 Å². The molecule has 0 unspecified atom stereocenters. The van der Waals surface area contributed by atoms with Gasteiger partial charge in [-0.05, 0) is 35.8 Å². The molecule has 2 rings (SSSR count). The molecule has 0 N–H and O–H groups in total. The lowest BCUT2D eigenvalue weighted by molar-refractivity contribution is 0.0257. The first-order valence-corrected chi connectivity index (χ1v) is 6.53. The third-order valence-electron chi connectivity index (χ3n) is 2.74. The van der Waals surface area contributed by atoms with E-state index in [1.54, 1.807) is 6.07 Å². The molecule has 1 aliphatic rings. The summed E-state index contributed by atoms with van der Waals surface area (Å²) in [6, 6.07) is 2.02. The first-order valence-electron chi connectivity index (χ1n) is 5.74. The predicted octanol–water partition coefficient (Wildman–Crippen LogP) is 2.78. The van der Waals surface area contributed by atoms with Gasteiger partial charge in [0.05, 0.1) is 13.2 Å². The molecule has 0 spiro atoms. The quantitative estimate of drug-likeness (QED) is 0.806. The number of nitrogens with zero attached hydrogens (tertiary/aromatic N) is 1. The maximum atomic E-state index is 12.0. The van der Waals surface area contributed by atoms with Crippen LogP contribution in [0.3, 0.4) is 0 Å². The van der Waals surface area contributed by atoms with Crippen LogP contribution in [0.5, 0.6) is 0 Å². The van der Waals surface area contributed by atoms with Gasteiger partial charge in [0.25, 0.3) is 0 Å². The van der Waals surface area contributed by atoms with Crippen molar-refractivity contribution in [1.82, 2.24) is 4.57 Å². The molecule has 0 amide bonds. The van der Waals surface area contributed by atoms with Gasteiger partial charge in [0.1, 0.15) is 11.8 Å². The summed E-state index contributed by atoms with van der Waals surface area (Å²) in [5.41, 5.74) is 0.582. The second-order valence-electron chi connectivity index (χ2n) is 4.44. The molecule has 0 aromatic carbocycles. The van der Waals surface area contributed by atoms with Crippen LogP contribution in [0.25, 0.3) is 0 Å². The second-order valence-corrected chi connectivity index (χ2v) is 5.35. The number of hydrogen-bond acceptors (Lipinski definition) is 3. The highest BCUT2D eigenvalue weighted by molar-refractivity contribution is 9.10. The maximum Gasteiger partial charge on any atom is 0.355 e. The summed E-state index contributed by atoms with van der Waals surface area (Å²) in [5.74, 6) is -0.278. The summed E-state index contributed by atoms with van der Waals surface area (Å²) in [5, 5.41) is 0. The van der Waals surface area contributed by atoms with Crippen LogP contribution in [-0.4, -0.2) is 29.9 Å². The van der Waals surface area contributed by atoms with E-state index in [0.29, 0.717) is 18.9 Å². The zero-order valence-electron chi connectivity index (χ0n) is 9.98. The zero-order chi connectivity index (χ0) is 12.4. The SMILES string of the molecule is CC(C)n1cc(Br)cc1C(=O)O[C@H]1CCOC1. The van der Waals surface area contributed by atoms with Gasteiger partial charge in [0.2, 0.25) is 0 Å². The number of rotatable bonds is 3. The fourth-order valence-electron chi connectivity index (χ4n) is 1.85. The minimum absolute atomic E-state index is 0.100. The molecule has 17 heavy (non-hydrogen) atoms. The normalized spacial score (nSPS) is 19.9. The Hall–Kier alpha value is -0.810. The Balaban J connectivity index is 2.12. The fourth-order valence-corrected chi connectivity index (χ4v) is 2.29. The lowest BCUT2D eigenvalue weighted by Crippen LogP contribution is -2.20. The summed E-state index contributed by atoms with van der Waals surface area (Å²) in [7, 11) is 0. The Morgan fingerprint density at radius 1 is 1.65 bits per heavy atom. The van der Waals surface area contributed by atoms with Crippen molar-refractivity contribution in [2.45, 2.75) is 32.4 Å². The molecule has 1 aromatic rings. The highest BCUT2D eigenvalue weighted by Crippen LogP contribution is 2.21. The van der Waals surface area contributed by atoms with E-state index in [2.05, 4.69) is 15.9 Å². The van der Waals surface area contributed by atoms with E-state index in [-0.39, 0.29) is 18.1 Å². The van der Waals surface area contributed by atoms with Crippen molar-refractivity contribution in [2.24, 2.45) is 0 Å². The number of carbonyl (C=O) groups is 1. The van der Waals surface area contributed by atoms with Crippen molar-refractivity contribution in [2.75, 3.05) is 13.2 Å². The number of hydrogen-bond donors (Lipinski definition) is 0. The average Bonchev–Trinajstić information content (AvgIpc) is 2.86. The van der Waals surface area contributed by atoms with Gasteiger partial charge < -0.3 is 14.0 Å². The molecule has 2 heterocycles. The maximum absolute atomic E-state index is 12.0. The standard InChI is InChI=1S/C12H16BrNO3/c1-8(2)14-6-9(13)5-11(14)12(15)17-10-3-4-16-7-10/h5-6,8,10H,3-4,7H2,1-2H3/t10-/m0/s1. The summed E-state index contributed by atoms with van der Waals surface area (Å²) >= 11 is 3.38. The first kappa shape index (κ1) is 12.6. The van der Waals surface area contributed by atoms with E-state index in [1.807, 2.05) is 24.6 Å². The van der Waals surface area contributed by atoms with Crippen LogP contribution in [0.1, 0.15) is 36.8 Å². The Kier molecular flexibility index (Phi) is 3.89. The summed E-state index contributed by atoms with van der Waals surface area (Å²) < 4.78 is 13.4. The Labute approximate surface area is 109 Å². The molecule has 0 bridgehead atoms. The van der Waals surface area contributed by atoms with Crippen LogP contribution in [-0.2, 0) is 9.47 Å². The average molecular weight is 302 g/mol. The first-order chi connectivity index (χ1) is 8.08. The van der Waals surface area contributed by atoms with Gasteiger partial charge in [-0.1, -0.05) is 0 Å². The van der Waals surface area contributed by atoms with Crippen LogP contribution in [0.4, 0.5) is 0 Å². The van der Waals surface area contributed by atoms with E-state index in [0.717, 1.165) is 10.9 Å². The summed E-state index contributed by atoms with van der Waals surface area (Å²) in [4.78, 5) is 12.0. The molecule has 4 nitrogen and oxygen atoms in total. The number of esters is 1. The molecule has 1 saturated heterocycles. The minimum atomic E-state index is -0.278. The fraction of sp³-hybridized carbons (Fsp3) is 0.583. The van der Waals surface area contributed by atoms with Crippen molar-refractivity contribution in [1.29, 1.82) is 0 Å². The monoisotopic (exact) mass is 301 g/mol. The van der Waals surface area contributed by atoms with E-state index in [1.165, 1.54) is 0 Å². The van der Waals surface area contributed by atoms with Gasteiger partial charge in [-0.2, -0.15) is 0 Å². The van der Waals surface area contributed by atoms with Gasteiger partial charge in [0.15, 0.2) is 0 Å². The van der Waals surface area contributed by atoms with Gasteiger partial charge in [-0.25, -0.2) is 4.79 Å². The Bertz CT molecular complexity index is 408. The van der Waals surface area contributed by atoms with Gasteiger partial charge in [-0.15, -0.1) is 0 Å². The summed E-state index contributed by atoms with van der Waals surface area (Å²) in [6.45, 7) is 5.24. The van der Waals surface area contributed by atoms with Crippen LogP contribution < -0.4 is 0 Å². The molecular formula is C12H16BrNO3. The zero-order valence-corrected chi connectivity index (χ0v) is 11.6. The highest BCUT2D eigenvalue weighted by Gasteiger charge is 2.23. The number of carbonyl (C=O) groups excluding carboxylic acids is 1. The smallest absolute Gasteiger partial charge is 0.355 e. The van der Waals surface area contributed by atoms with Gasteiger partial charge in [-0.3, -0.25) is 0 Å². The Morgan fingerprint density at radius 2 is 2.41 bits per heavy atom. The number of halogens is 1. The van der Waals surface area contributed by atoms with Crippen LogP contribution in [0.15, 0.2) is 16.7 Å². The van der Waals surface area contributed by atoms with Gasteiger partial charge >= 0.3 is 5.97 Å². The van der Waals surface area contributed by atoms with Crippen LogP contribution in [0.2, 0.25) is 0 Å². The molecule has 0 radical (unpaired) electrons. The molecule has 1 fully saturated rings. The molecule has 1 aliphatic heterocycles. The van der Waals surface area contributed by atoms with Crippen LogP contribution in [0, 0.1) is 0 Å². The van der Waals surface area contributed by atoms with E-state index in [4.69, 9.17) is 9.47 Å². The van der Waals surface area contributed by atoms with Gasteiger partial charge in [0, 0.05) is 23.1 Å². The van der Waals surface area contributed by atoms with Crippen molar-refractivity contribution in [3.63, 3.8) is 0 Å². The molecule has 0 aliphatic carbocycles. The third kappa shape index (κ3) is 2.90. The Morgan fingerprint density at radius 3 is 3.00 bits per heavy atom. The molecular weight excluding hydrogens is 286 g/mol. The molecule has 1 aromatic heterocycles. The van der Waals surface area contributed by atoms with Crippen molar-refractivity contribution >= 4 is 21.9 Å². The molecule has 1 atom stereocenters. The van der Waals surface area contributed by atoms with E-state index >= 15 is 0 Å². The lowest BCUT2D eigenvalue weighted by atomic mass is 10.3. The number of ether oxygens (including phenoxy) is 2. The second kappa shape index (κ2) is 5.23. The largest absolute Gasteiger partial charge is 0.455 e. The molecule has 94 valence electrons. The molecule has 0 saturated carbocycles. The predicted molar refractivity (Wildman–Crippen MR) is 67.2 cm³/mol. The summed E-state index contributed by atoms with van der Waals surface area (Å²) in [6.07, 6.45) is 2.58. The minimum Gasteiger partial charge on any atom is -0.455 e. The highest BCUT2D eigenvalue weighted by atomic mass is 79.9. The van der Waals surface area contributed by atoms with Crippen molar-refractivity contribution in [3.8, 4) is 0 Å². The number of aromatic nitrogens is 1. The third-order valence-corrected chi connectivity index (χ3v) is 3.18. The lowest BCUT2D eigenvalue weighted by Gasteiger charge is -2.14. The molecule has 5 heteroatoms. The van der Waals surface area contributed by atoms with E-state index in [9.17, 15) is 4.79 Å². The topological polar surface area (TPSA) is 40.5 Å². The van der Waals surface area contributed by atoms with Crippen LogP contribution >= 0.6 is 15.9 Å². The van der Waals surface area contributed by atoms with Crippen molar-refractivity contribution < 1.29 is 14.3 Å².